The summed E-state index contributed by atoms with van der Waals surface area (Å²) in [6.45, 7) is 1.88. The number of Topliss-reactive ketones (excluding diaryl/α,β-unsaturated/α-hetero) is 1. The molecule has 182 valence electrons. The highest BCUT2D eigenvalue weighted by molar-refractivity contribution is 6.30. The monoisotopic (exact) mass is 499 g/mol. The fourth-order valence-corrected chi connectivity index (χ4v) is 5.19. The number of dihydropyridines is 1. The number of pyridine rings is 1. The average Bonchev–Trinajstić information content (AvgIpc) is 2.89. The molecule has 1 aliphatic carbocycles. The van der Waals surface area contributed by atoms with Gasteiger partial charge in [0.2, 0.25) is 0 Å². The third-order valence-corrected chi connectivity index (χ3v) is 7.02. The first-order valence-electron chi connectivity index (χ1n) is 11.8. The van der Waals surface area contributed by atoms with Crippen molar-refractivity contribution in [2.45, 2.75) is 31.6 Å². The van der Waals surface area contributed by atoms with Crippen molar-refractivity contribution in [1.82, 2.24) is 10.3 Å². The molecule has 2 heterocycles. The van der Waals surface area contributed by atoms with Crippen LogP contribution in [0.15, 0.2) is 95.5 Å². The molecule has 1 aliphatic heterocycles. The molecule has 0 saturated carbocycles. The van der Waals surface area contributed by atoms with Crippen LogP contribution in [0.5, 0.6) is 5.75 Å². The highest BCUT2D eigenvalue weighted by Crippen LogP contribution is 2.45. The molecule has 0 bridgehead atoms. The minimum absolute atomic E-state index is 0.0279. The van der Waals surface area contributed by atoms with Gasteiger partial charge in [0.15, 0.2) is 5.78 Å². The van der Waals surface area contributed by atoms with Gasteiger partial charge in [-0.05, 0) is 66.8 Å². The van der Waals surface area contributed by atoms with E-state index < -0.39 is 5.92 Å². The minimum atomic E-state index is -0.508. The number of anilines is 1. The molecule has 6 nitrogen and oxygen atoms in total. The van der Waals surface area contributed by atoms with Crippen LogP contribution in [0.2, 0.25) is 5.02 Å². The molecule has 1 aromatic heterocycles. The first kappa shape index (κ1) is 23.8. The number of amides is 1. The van der Waals surface area contributed by atoms with E-state index in [0.717, 1.165) is 22.6 Å². The molecule has 7 heteroatoms. The number of aromatic nitrogens is 1. The maximum Gasteiger partial charge on any atom is 0.255 e. The third kappa shape index (κ3) is 4.64. The van der Waals surface area contributed by atoms with Gasteiger partial charge in [-0.25, -0.2) is 4.98 Å². The third-order valence-electron chi connectivity index (χ3n) is 6.77. The highest BCUT2D eigenvalue weighted by atomic mass is 35.5. The van der Waals surface area contributed by atoms with E-state index in [9.17, 15) is 9.59 Å². The fourth-order valence-electron chi connectivity index (χ4n) is 5.06. The zero-order valence-corrected chi connectivity index (χ0v) is 20.8. The number of nitrogens with one attached hydrogen (secondary N) is 2. The van der Waals surface area contributed by atoms with Gasteiger partial charge in [-0.1, -0.05) is 41.9 Å². The first-order chi connectivity index (χ1) is 17.4. The van der Waals surface area contributed by atoms with Crippen LogP contribution in [-0.2, 0) is 9.59 Å². The number of rotatable bonds is 5. The molecular formula is C29H26ClN3O3. The van der Waals surface area contributed by atoms with Gasteiger partial charge in [-0.15, -0.1) is 0 Å². The lowest BCUT2D eigenvalue weighted by Gasteiger charge is -2.37. The number of nitrogens with zero attached hydrogens (tertiary/aromatic N) is 1. The Morgan fingerprint density at radius 2 is 1.75 bits per heavy atom. The van der Waals surface area contributed by atoms with Crippen molar-refractivity contribution in [3.8, 4) is 5.75 Å². The van der Waals surface area contributed by atoms with Gasteiger partial charge in [0, 0.05) is 46.1 Å². The second-order valence-corrected chi connectivity index (χ2v) is 9.45. The molecule has 0 fully saturated rings. The Bertz CT molecular complexity index is 1360. The smallest absolute Gasteiger partial charge is 0.255 e. The Morgan fingerprint density at radius 3 is 2.42 bits per heavy atom. The van der Waals surface area contributed by atoms with E-state index in [-0.39, 0.29) is 17.6 Å². The van der Waals surface area contributed by atoms with E-state index in [2.05, 4.69) is 15.6 Å². The minimum Gasteiger partial charge on any atom is -0.497 e. The van der Waals surface area contributed by atoms with E-state index in [0.29, 0.717) is 40.5 Å². The molecule has 0 radical (unpaired) electrons. The standard InChI is InChI=1S/C29H26ClN3O3/c1-17-26(29(35)33-25-5-3-4-14-31-25)27(19-6-10-21(30)11-7-19)28-23(32-17)15-20(16-24(28)34)18-8-12-22(36-2)13-9-18/h3-14,20,27,32H,15-16H2,1-2H3,(H,31,33,35). The molecular weight excluding hydrogens is 474 g/mol. The summed E-state index contributed by atoms with van der Waals surface area (Å²) in [7, 11) is 1.63. The number of carbonyl (C=O) groups is 2. The summed E-state index contributed by atoms with van der Waals surface area (Å²) in [5.41, 5.74) is 4.64. The summed E-state index contributed by atoms with van der Waals surface area (Å²) in [5.74, 6) is 0.493. The van der Waals surface area contributed by atoms with Crippen LogP contribution >= 0.6 is 11.6 Å². The number of hydrogen-bond acceptors (Lipinski definition) is 5. The largest absolute Gasteiger partial charge is 0.497 e. The number of allylic oxidation sites excluding steroid dienone is 3. The van der Waals surface area contributed by atoms with Crippen LogP contribution in [-0.4, -0.2) is 23.8 Å². The predicted octanol–water partition coefficient (Wildman–Crippen LogP) is 5.74. The van der Waals surface area contributed by atoms with Crippen LogP contribution < -0.4 is 15.4 Å². The summed E-state index contributed by atoms with van der Waals surface area (Å²) in [6, 6.07) is 20.5. The molecule has 2 unspecified atom stereocenters. The molecule has 0 spiro atoms. The maximum absolute atomic E-state index is 13.7. The van der Waals surface area contributed by atoms with Crippen molar-refractivity contribution in [3.05, 3.63) is 112 Å². The predicted molar refractivity (Wildman–Crippen MR) is 140 cm³/mol. The van der Waals surface area contributed by atoms with Crippen LogP contribution in [0.1, 0.15) is 42.7 Å². The highest BCUT2D eigenvalue weighted by Gasteiger charge is 2.41. The molecule has 5 rings (SSSR count). The van der Waals surface area contributed by atoms with Crippen LogP contribution in [0.3, 0.4) is 0 Å². The van der Waals surface area contributed by atoms with E-state index in [1.54, 1.807) is 37.6 Å². The first-order valence-corrected chi connectivity index (χ1v) is 12.2. The van der Waals surface area contributed by atoms with Gasteiger partial charge < -0.3 is 15.4 Å². The Morgan fingerprint density at radius 1 is 1.03 bits per heavy atom. The van der Waals surface area contributed by atoms with E-state index in [4.69, 9.17) is 16.3 Å². The molecule has 2 N–H and O–H groups in total. The van der Waals surface area contributed by atoms with Crippen molar-refractivity contribution in [1.29, 1.82) is 0 Å². The number of hydrogen-bond donors (Lipinski definition) is 2. The van der Waals surface area contributed by atoms with Crippen molar-refractivity contribution >= 4 is 29.1 Å². The van der Waals surface area contributed by atoms with Gasteiger partial charge in [-0.2, -0.15) is 0 Å². The van der Waals surface area contributed by atoms with E-state index in [1.165, 1.54) is 0 Å². The molecule has 2 aromatic carbocycles. The SMILES string of the molecule is COc1ccc(C2CC(=O)C3=C(C2)NC(C)=C(C(=O)Nc2ccccn2)C3c2ccc(Cl)cc2)cc1. The summed E-state index contributed by atoms with van der Waals surface area (Å²) in [4.78, 5) is 31.5. The molecule has 1 amide bonds. The fraction of sp³-hybridized carbons (Fsp3) is 0.207. The number of halogens is 1. The topological polar surface area (TPSA) is 80.3 Å². The summed E-state index contributed by atoms with van der Waals surface area (Å²) >= 11 is 6.16. The van der Waals surface area contributed by atoms with Crippen molar-refractivity contribution in [3.63, 3.8) is 0 Å². The normalized spacial score (nSPS) is 19.5. The van der Waals surface area contributed by atoms with Crippen molar-refractivity contribution in [2.75, 3.05) is 12.4 Å². The second kappa shape index (κ2) is 9.99. The molecule has 2 atom stereocenters. The Kier molecular flexibility index (Phi) is 6.61. The van der Waals surface area contributed by atoms with Crippen molar-refractivity contribution < 1.29 is 14.3 Å². The number of ether oxygens (including phenoxy) is 1. The quantitative estimate of drug-likeness (QED) is 0.467. The van der Waals surface area contributed by atoms with Crippen molar-refractivity contribution in [2.24, 2.45) is 0 Å². The zero-order chi connectivity index (χ0) is 25.2. The lowest BCUT2D eigenvalue weighted by molar-refractivity contribution is -0.116. The molecule has 36 heavy (non-hydrogen) atoms. The Hall–Kier alpha value is -3.90. The summed E-state index contributed by atoms with van der Waals surface area (Å²) < 4.78 is 5.28. The summed E-state index contributed by atoms with van der Waals surface area (Å²) in [6.07, 6.45) is 2.66. The van der Waals surface area contributed by atoms with Crippen LogP contribution in [0.25, 0.3) is 0 Å². The maximum atomic E-state index is 13.7. The lowest BCUT2D eigenvalue weighted by Crippen LogP contribution is -2.37. The number of methoxy groups -OCH3 is 1. The molecule has 3 aromatic rings. The zero-order valence-electron chi connectivity index (χ0n) is 20.0. The van der Waals surface area contributed by atoms with Gasteiger partial charge in [0.1, 0.15) is 11.6 Å². The van der Waals surface area contributed by atoms with Crippen LogP contribution in [0, 0.1) is 0 Å². The molecule has 2 aliphatic rings. The van der Waals surface area contributed by atoms with Gasteiger partial charge in [0.05, 0.1) is 7.11 Å². The lowest BCUT2D eigenvalue weighted by atomic mass is 9.71. The molecule has 0 saturated heterocycles. The number of ketones is 1. The van der Waals surface area contributed by atoms with Gasteiger partial charge in [-0.3, -0.25) is 9.59 Å². The van der Waals surface area contributed by atoms with E-state index >= 15 is 0 Å². The Labute approximate surface area is 215 Å². The second-order valence-electron chi connectivity index (χ2n) is 9.01. The average molecular weight is 500 g/mol. The number of benzene rings is 2. The number of carbonyl (C=O) groups excluding carboxylic acids is 2. The summed E-state index contributed by atoms with van der Waals surface area (Å²) in [5, 5.41) is 6.89. The Balaban J connectivity index is 1.54. The van der Waals surface area contributed by atoms with Gasteiger partial charge >= 0.3 is 0 Å². The van der Waals surface area contributed by atoms with Gasteiger partial charge in [0.25, 0.3) is 5.91 Å². The van der Waals surface area contributed by atoms with E-state index in [1.807, 2.05) is 49.4 Å². The van der Waals surface area contributed by atoms with Crippen LogP contribution in [0.4, 0.5) is 5.82 Å².